The van der Waals surface area contributed by atoms with E-state index in [9.17, 15) is 4.79 Å². The van der Waals surface area contributed by atoms with Gasteiger partial charge in [-0.25, -0.2) is 4.79 Å². The lowest BCUT2D eigenvalue weighted by Crippen LogP contribution is -2.43. The zero-order valence-electron chi connectivity index (χ0n) is 14.5. The predicted octanol–water partition coefficient (Wildman–Crippen LogP) is 2.32. The first-order valence-corrected chi connectivity index (χ1v) is 7.98. The Morgan fingerprint density at radius 2 is 2.16 bits per heavy atom. The summed E-state index contributed by atoms with van der Waals surface area (Å²) in [4.78, 5) is 12.3. The molecule has 3 rings (SSSR count). The van der Waals surface area contributed by atoms with Gasteiger partial charge in [0.25, 0.3) is 0 Å². The molecule has 0 fully saturated rings. The molecule has 2 N–H and O–H groups in total. The number of ether oxygens (including phenoxy) is 3. The molecule has 1 aromatic carbocycles. The molecule has 8 nitrogen and oxygen atoms in total. The monoisotopic (exact) mass is 346 g/mol. The molecule has 0 radical (unpaired) electrons. The van der Waals surface area contributed by atoms with Gasteiger partial charge in [0.15, 0.2) is 11.5 Å². The maximum absolute atomic E-state index is 12.3. The van der Waals surface area contributed by atoms with E-state index in [1.165, 1.54) is 0 Å². The molecule has 134 valence electrons. The molecule has 2 aromatic rings. The van der Waals surface area contributed by atoms with Crippen LogP contribution in [0.4, 0.5) is 10.5 Å². The van der Waals surface area contributed by atoms with Crippen molar-refractivity contribution in [1.29, 1.82) is 0 Å². The molecule has 8 heteroatoms. The van der Waals surface area contributed by atoms with Crippen molar-refractivity contribution in [3.8, 4) is 11.5 Å². The molecular formula is C17H22N4O4. The standard InChI is InChI=1S/C17H22N4O4/c1-17(2,12-4-5-14-15(8-12)25-11-24-14)20-16(22)19-13-9-18-21(10-13)6-7-23-3/h4-5,8-10H,6-7,11H2,1-3H3,(H2,19,20,22). The number of aromatic nitrogens is 2. The minimum absolute atomic E-state index is 0.222. The number of carbonyl (C=O) groups is 1. The van der Waals surface area contributed by atoms with Gasteiger partial charge in [0.2, 0.25) is 6.79 Å². The van der Waals surface area contributed by atoms with Gasteiger partial charge in [-0.3, -0.25) is 4.68 Å². The Labute approximate surface area is 146 Å². The highest BCUT2D eigenvalue weighted by Gasteiger charge is 2.25. The molecule has 0 aliphatic carbocycles. The van der Waals surface area contributed by atoms with Crippen molar-refractivity contribution in [2.24, 2.45) is 0 Å². The van der Waals surface area contributed by atoms with Gasteiger partial charge < -0.3 is 24.8 Å². The minimum atomic E-state index is -0.586. The van der Waals surface area contributed by atoms with E-state index < -0.39 is 5.54 Å². The van der Waals surface area contributed by atoms with Gasteiger partial charge in [-0.1, -0.05) is 6.07 Å². The van der Waals surface area contributed by atoms with Crippen molar-refractivity contribution >= 4 is 11.7 Å². The van der Waals surface area contributed by atoms with E-state index in [2.05, 4.69) is 15.7 Å². The number of rotatable bonds is 6. The summed E-state index contributed by atoms with van der Waals surface area (Å²) < 4.78 is 17.4. The van der Waals surface area contributed by atoms with Crippen LogP contribution in [0.25, 0.3) is 0 Å². The first-order chi connectivity index (χ1) is 12.0. The number of nitrogens with one attached hydrogen (secondary N) is 2. The second kappa shape index (κ2) is 7.02. The average Bonchev–Trinajstić information content (AvgIpc) is 3.20. The number of carbonyl (C=O) groups excluding carboxylic acids is 1. The van der Waals surface area contributed by atoms with E-state index >= 15 is 0 Å². The van der Waals surface area contributed by atoms with Crippen LogP contribution in [0.3, 0.4) is 0 Å². The van der Waals surface area contributed by atoms with E-state index in [0.717, 1.165) is 5.56 Å². The van der Waals surface area contributed by atoms with Gasteiger partial charge in [-0.15, -0.1) is 0 Å². The lowest BCUT2D eigenvalue weighted by atomic mass is 9.94. The van der Waals surface area contributed by atoms with Gasteiger partial charge in [0.1, 0.15) is 0 Å². The van der Waals surface area contributed by atoms with Crippen molar-refractivity contribution < 1.29 is 19.0 Å². The van der Waals surface area contributed by atoms with Crippen molar-refractivity contribution in [3.05, 3.63) is 36.2 Å². The Morgan fingerprint density at radius 1 is 1.36 bits per heavy atom. The molecular weight excluding hydrogens is 324 g/mol. The first-order valence-electron chi connectivity index (χ1n) is 7.98. The second-order valence-electron chi connectivity index (χ2n) is 6.26. The fraction of sp³-hybridized carbons (Fsp3) is 0.412. The summed E-state index contributed by atoms with van der Waals surface area (Å²) in [5.74, 6) is 1.40. The van der Waals surface area contributed by atoms with Crippen LogP contribution in [0, 0.1) is 0 Å². The minimum Gasteiger partial charge on any atom is -0.454 e. The van der Waals surface area contributed by atoms with E-state index in [0.29, 0.717) is 30.3 Å². The van der Waals surface area contributed by atoms with Crippen molar-refractivity contribution in [2.45, 2.75) is 25.9 Å². The largest absolute Gasteiger partial charge is 0.454 e. The van der Waals surface area contributed by atoms with Gasteiger partial charge in [0.05, 0.1) is 30.6 Å². The molecule has 1 aliphatic heterocycles. The van der Waals surface area contributed by atoms with Crippen LogP contribution in [-0.2, 0) is 16.8 Å². The number of methoxy groups -OCH3 is 1. The number of benzene rings is 1. The Hall–Kier alpha value is -2.74. The van der Waals surface area contributed by atoms with Crippen molar-refractivity contribution in [1.82, 2.24) is 15.1 Å². The van der Waals surface area contributed by atoms with E-state index in [4.69, 9.17) is 14.2 Å². The number of hydrogen-bond donors (Lipinski definition) is 2. The lowest BCUT2D eigenvalue weighted by Gasteiger charge is -2.27. The Bertz CT molecular complexity index is 757. The summed E-state index contributed by atoms with van der Waals surface area (Å²) >= 11 is 0. The van der Waals surface area contributed by atoms with Crippen molar-refractivity contribution in [3.63, 3.8) is 0 Å². The first kappa shape index (κ1) is 17.1. The summed E-state index contributed by atoms with van der Waals surface area (Å²) in [7, 11) is 1.63. The Kier molecular flexibility index (Phi) is 4.80. The highest BCUT2D eigenvalue weighted by Crippen LogP contribution is 2.35. The molecule has 0 saturated heterocycles. The van der Waals surface area contributed by atoms with E-state index in [-0.39, 0.29) is 12.8 Å². The zero-order chi connectivity index (χ0) is 17.9. The summed E-state index contributed by atoms with van der Waals surface area (Å²) in [6.45, 7) is 5.26. The summed E-state index contributed by atoms with van der Waals surface area (Å²) in [5.41, 5.74) is 0.953. The van der Waals surface area contributed by atoms with Crippen molar-refractivity contribution in [2.75, 3.05) is 25.8 Å². The number of anilines is 1. The second-order valence-corrected chi connectivity index (χ2v) is 6.26. The van der Waals surface area contributed by atoms with Gasteiger partial charge in [-0.05, 0) is 31.5 Å². The number of nitrogens with zero attached hydrogens (tertiary/aromatic N) is 2. The fourth-order valence-corrected chi connectivity index (χ4v) is 2.54. The third-order valence-electron chi connectivity index (χ3n) is 3.94. The Morgan fingerprint density at radius 3 is 2.96 bits per heavy atom. The molecule has 1 aliphatic rings. The highest BCUT2D eigenvalue weighted by molar-refractivity contribution is 5.89. The van der Waals surface area contributed by atoms with Crippen LogP contribution in [0.15, 0.2) is 30.6 Å². The number of hydrogen-bond acceptors (Lipinski definition) is 5. The summed E-state index contributed by atoms with van der Waals surface area (Å²) in [5, 5.41) is 9.91. The molecule has 2 heterocycles. The normalized spacial score (nSPS) is 12.9. The average molecular weight is 346 g/mol. The molecule has 0 spiro atoms. The van der Waals surface area contributed by atoms with E-state index in [1.807, 2.05) is 32.0 Å². The highest BCUT2D eigenvalue weighted by atomic mass is 16.7. The molecule has 0 saturated carbocycles. The fourth-order valence-electron chi connectivity index (χ4n) is 2.54. The molecule has 2 amide bonds. The van der Waals surface area contributed by atoms with E-state index in [1.54, 1.807) is 24.2 Å². The third-order valence-corrected chi connectivity index (χ3v) is 3.94. The van der Waals surface area contributed by atoms with Crippen LogP contribution in [0.2, 0.25) is 0 Å². The summed E-state index contributed by atoms with van der Waals surface area (Å²) in [6, 6.07) is 5.33. The topological polar surface area (TPSA) is 86.6 Å². The molecule has 1 aromatic heterocycles. The number of urea groups is 1. The zero-order valence-corrected chi connectivity index (χ0v) is 14.5. The van der Waals surface area contributed by atoms with Gasteiger partial charge in [-0.2, -0.15) is 5.10 Å². The molecule has 0 bridgehead atoms. The summed E-state index contributed by atoms with van der Waals surface area (Å²) in [6.07, 6.45) is 3.36. The van der Waals surface area contributed by atoms with Gasteiger partial charge in [0, 0.05) is 13.3 Å². The molecule has 25 heavy (non-hydrogen) atoms. The number of amides is 2. The smallest absolute Gasteiger partial charge is 0.320 e. The molecule has 0 atom stereocenters. The van der Waals surface area contributed by atoms with Crippen LogP contribution in [0.1, 0.15) is 19.4 Å². The predicted molar refractivity (Wildman–Crippen MR) is 91.8 cm³/mol. The maximum atomic E-state index is 12.3. The van der Waals surface area contributed by atoms with Crippen LogP contribution in [-0.4, -0.2) is 36.3 Å². The van der Waals surface area contributed by atoms with Crippen LogP contribution < -0.4 is 20.1 Å². The third kappa shape index (κ3) is 4.03. The SMILES string of the molecule is COCCn1cc(NC(=O)NC(C)(C)c2ccc3c(c2)OCO3)cn1. The lowest BCUT2D eigenvalue weighted by molar-refractivity contribution is 0.174. The quantitative estimate of drug-likeness (QED) is 0.838. The van der Waals surface area contributed by atoms with Gasteiger partial charge >= 0.3 is 6.03 Å². The molecule has 0 unspecified atom stereocenters. The van der Waals surface area contributed by atoms with Crippen LogP contribution in [0.5, 0.6) is 11.5 Å². The number of fused-ring (bicyclic) bond motifs is 1. The Balaban J connectivity index is 1.62. The maximum Gasteiger partial charge on any atom is 0.320 e. The van der Waals surface area contributed by atoms with Crippen LogP contribution >= 0.6 is 0 Å².